The number of Topliss-reactive ketones (excluding diaryl/α,β-unsaturated/α-hetero) is 1. The highest BCUT2D eigenvalue weighted by molar-refractivity contribution is 6.00. The number of rotatable bonds is 20. The fraction of sp³-hybridized carbons (Fsp3) is 0.508. The molecule has 3 aliphatic rings. The number of fused-ring (bicyclic) bond motifs is 2. The number of carbonyl (C=O) groups is 7. The molecule has 0 aromatic heterocycles. The first-order valence-electron chi connectivity index (χ1n) is 30.0. The zero-order chi connectivity index (χ0) is 63.9. The van der Waals surface area contributed by atoms with Crippen molar-refractivity contribution in [1.82, 2.24) is 41.7 Å². The smallest absolute Gasteiger partial charge is 0.251 e. The number of ether oxygens (including phenoxy) is 1. The molecule has 15 atom stereocenters. The summed E-state index contributed by atoms with van der Waals surface area (Å²) in [5.74, 6) is -9.66. The number of nitrogens with two attached hydrogens (primary N) is 1. The van der Waals surface area contributed by atoms with E-state index in [2.05, 4.69) is 38.8 Å². The van der Waals surface area contributed by atoms with E-state index in [0.717, 1.165) is 70.9 Å². The van der Waals surface area contributed by atoms with Gasteiger partial charge in [-0.1, -0.05) is 87.4 Å². The third-order valence-corrected chi connectivity index (χ3v) is 16.4. The van der Waals surface area contributed by atoms with E-state index < -0.39 is 158 Å². The summed E-state index contributed by atoms with van der Waals surface area (Å²) in [6.07, 6.45) is -12.9. The van der Waals surface area contributed by atoms with Gasteiger partial charge in [-0.15, -0.1) is 0 Å². The quantitative estimate of drug-likeness (QED) is 0.0487. The van der Waals surface area contributed by atoms with Gasteiger partial charge in [-0.05, 0) is 84.5 Å². The molecule has 6 unspecified atom stereocenters. The first kappa shape index (κ1) is 68.1. The largest absolute Gasteiger partial charge is 0.508 e. The highest BCUT2D eigenvalue weighted by Crippen LogP contribution is 2.32. The molecule has 4 aromatic carbocycles. The number of aliphatic hydroxyl groups is 7. The van der Waals surface area contributed by atoms with Crippen LogP contribution >= 0.6 is 0 Å². The summed E-state index contributed by atoms with van der Waals surface area (Å²) < 4.78 is 5.87. The number of benzene rings is 4. The molecule has 478 valence electrons. The highest BCUT2D eigenvalue weighted by Gasteiger charge is 2.50. The third-order valence-electron chi connectivity index (χ3n) is 16.4. The first-order chi connectivity index (χ1) is 42.0. The molecule has 3 fully saturated rings. The number of amides is 6. The van der Waals surface area contributed by atoms with Crippen LogP contribution in [0.3, 0.4) is 0 Å². The molecule has 7 rings (SSSR count). The van der Waals surface area contributed by atoms with Crippen LogP contribution in [0.2, 0.25) is 0 Å². The lowest BCUT2D eigenvalue weighted by atomic mass is 9.86. The zero-order valence-electron chi connectivity index (χ0n) is 49.9. The van der Waals surface area contributed by atoms with Crippen molar-refractivity contribution in [2.75, 3.05) is 45.9 Å². The zero-order valence-corrected chi connectivity index (χ0v) is 49.9. The Labute approximate surface area is 511 Å². The lowest BCUT2D eigenvalue weighted by Gasteiger charge is -2.34. The molecule has 0 saturated carbocycles. The first-order valence-corrected chi connectivity index (χ1v) is 30.0. The fourth-order valence-electron chi connectivity index (χ4n) is 11.2. The van der Waals surface area contributed by atoms with E-state index in [-0.39, 0.29) is 43.1 Å². The van der Waals surface area contributed by atoms with Gasteiger partial charge in [0.05, 0.1) is 55.2 Å². The number of carbonyl (C=O) groups excluding carboxylic acids is 7. The monoisotopic (exact) mass is 1220 g/mol. The molecule has 0 bridgehead atoms. The second-order valence-corrected chi connectivity index (χ2v) is 23.1. The van der Waals surface area contributed by atoms with Crippen LogP contribution < -0.4 is 42.4 Å². The Morgan fingerprint density at radius 2 is 1.26 bits per heavy atom. The van der Waals surface area contributed by atoms with Gasteiger partial charge in [0.15, 0.2) is 5.78 Å². The van der Waals surface area contributed by atoms with Crippen molar-refractivity contribution < 1.29 is 79.2 Å². The Balaban J connectivity index is 1.22. The van der Waals surface area contributed by atoms with Crippen molar-refractivity contribution in [1.29, 1.82) is 0 Å². The summed E-state index contributed by atoms with van der Waals surface area (Å²) in [7, 11) is 0. The van der Waals surface area contributed by atoms with Gasteiger partial charge in [-0.2, -0.15) is 0 Å². The molecule has 88 heavy (non-hydrogen) atoms. The Morgan fingerprint density at radius 3 is 1.84 bits per heavy atom. The van der Waals surface area contributed by atoms with Crippen LogP contribution in [0.15, 0.2) is 97.1 Å². The number of unbranched alkanes of at least 4 members (excludes halogenated alkanes) is 2. The van der Waals surface area contributed by atoms with E-state index in [1.165, 1.54) is 43.3 Å². The number of aliphatic hydroxyl groups excluding tert-OH is 7. The average molecular weight is 1220 g/mol. The predicted molar refractivity (Wildman–Crippen MR) is 322 cm³/mol. The topological polar surface area (TPSA) is 395 Å². The van der Waals surface area contributed by atoms with Crippen LogP contribution in [0.25, 0.3) is 22.3 Å². The molecule has 0 radical (unpaired) electrons. The third kappa shape index (κ3) is 17.2. The summed E-state index contributed by atoms with van der Waals surface area (Å²) in [6, 6.07) is 17.9. The van der Waals surface area contributed by atoms with E-state index in [0.29, 0.717) is 13.2 Å². The summed E-state index contributed by atoms with van der Waals surface area (Å²) in [5, 5.41) is 107. The molecule has 3 heterocycles. The van der Waals surface area contributed by atoms with Crippen molar-refractivity contribution in [2.24, 2.45) is 17.6 Å². The molecule has 16 N–H and O–H groups in total. The van der Waals surface area contributed by atoms with E-state index >= 15 is 0 Å². The number of phenols is 1. The van der Waals surface area contributed by atoms with Gasteiger partial charge in [0, 0.05) is 70.0 Å². The molecule has 3 saturated heterocycles. The van der Waals surface area contributed by atoms with Gasteiger partial charge in [-0.3, -0.25) is 38.9 Å². The second kappa shape index (κ2) is 31.7. The molecule has 3 aliphatic heterocycles. The van der Waals surface area contributed by atoms with Gasteiger partial charge < -0.3 is 87.7 Å². The average Bonchev–Trinajstić information content (AvgIpc) is 2.10. The Morgan fingerprint density at radius 1 is 0.693 bits per heavy atom. The maximum Gasteiger partial charge on any atom is 0.251 e. The van der Waals surface area contributed by atoms with Crippen LogP contribution in [0.1, 0.15) is 88.2 Å². The van der Waals surface area contributed by atoms with Crippen LogP contribution in [-0.2, 0) is 28.8 Å². The van der Waals surface area contributed by atoms with E-state index in [9.17, 15) is 74.4 Å². The number of hydrogen-bond donors (Lipinski definition) is 15. The molecule has 6 amide bonds. The molecule has 0 spiro atoms. The standard InChI is InChI=1S/C63H85N9O16/c1-5-6-7-28-88-45-22-18-40(19-23-45)38-10-8-37(9-11-38)39-12-14-42(15-13-39)58(82)67-47-31-50(78)57(66-27-26-65-25-24-64)70-61(85)53-54(79)34(2)32-72(53)63(87)52(36(4)74)68-59(83)46(56(81)55(80)41-16-20-43(75)21-17-41)30-49(77)48-29-44(76)33-71(48)62(86)51(35(3)73)69-60(47)84/h8-23,34-36,44,46-48,50-57,65-66,73-76,78-81H,5-7,24-33,64H2,1-4H3,(H,67,82)(H,68,83)(H,69,84)(H,70,85)/t34-,35+,36+,44+,46?,47-,48?,50+,51?,52?,53?,54-,55-,56-,57?/m0/s1. The molecular formula is C63H85N9O16. The van der Waals surface area contributed by atoms with E-state index in [4.69, 9.17) is 10.5 Å². The Hall–Kier alpha value is -7.43. The maximum absolute atomic E-state index is 14.8. The van der Waals surface area contributed by atoms with Crippen LogP contribution in [-0.4, -0.2) is 211 Å². The lowest BCUT2D eigenvalue weighted by molar-refractivity contribution is -0.148. The SMILES string of the molecule is CCCCCOc1ccc(-c2ccc(-c3ccc(C(=O)N[C@H]4C[C@@H](O)C(NCCNCCN)NC(=O)C5[C@@H](O)[C@@H](C)CN5C(=O)C([C@@H](C)O)NC(=O)C([C@H](O)[C@@H](O)c5ccc(O)cc5)CC(=O)C5C[C@@H](O)CN5C(=O)C([C@@H](C)O)NC4=O)cc3)cc2)cc1. The predicted octanol–water partition coefficient (Wildman–Crippen LogP) is -0.691. The van der Waals surface area contributed by atoms with Gasteiger partial charge in [0.25, 0.3) is 5.91 Å². The van der Waals surface area contributed by atoms with Gasteiger partial charge >= 0.3 is 0 Å². The fourth-order valence-corrected chi connectivity index (χ4v) is 11.2. The molecule has 25 heteroatoms. The summed E-state index contributed by atoms with van der Waals surface area (Å²) in [5.41, 5.74) is 9.22. The number of nitrogens with one attached hydrogen (secondary N) is 6. The normalized spacial score (nSPS) is 26.6. The van der Waals surface area contributed by atoms with Gasteiger partial charge in [-0.25, -0.2) is 0 Å². The van der Waals surface area contributed by atoms with Crippen LogP contribution in [0.5, 0.6) is 11.5 Å². The van der Waals surface area contributed by atoms with Crippen molar-refractivity contribution >= 4 is 41.2 Å². The lowest BCUT2D eigenvalue weighted by Crippen LogP contribution is -2.63. The Kier molecular flexibility index (Phi) is 24.5. The van der Waals surface area contributed by atoms with Crippen molar-refractivity contribution in [2.45, 2.75) is 145 Å². The number of hydrogen-bond acceptors (Lipinski definition) is 19. The summed E-state index contributed by atoms with van der Waals surface area (Å²) in [6.45, 7) is 6.67. The van der Waals surface area contributed by atoms with Crippen molar-refractivity contribution in [3.8, 4) is 33.8 Å². The highest BCUT2D eigenvalue weighted by atomic mass is 16.5. The number of nitrogens with zero attached hydrogens (tertiary/aromatic N) is 2. The van der Waals surface area contributed by atoms with Crippen molar-refractivity contribution in [3.63, 3.8) is 0 Å². The number of aromatic hydroxyl groups is 1. The molecule has 0 aliphatic carbocycles. The molecule has 25 nitrogen and oxygen atoms in total. The van der Waals surface area contributed by atoms with Crippen molar-refractivity contribution in [3.05, 3.63) is 108 Å². The minimum absolute atomic E-state index is 0.0230. The van der Waals surface area contributed by atoms with E-state index in [1.807, 2.05) is 48.5 Å². The van der Waals surface area contributed by atoms with Crippen LogP contribution in [0, 0.1) is 11.8 Å². The Bertz CT molecular complexity index is 2990. The molecular weight excluding hydrogens is 1140 g/mol. The molecule has 4 aromatic rings. The minimum atomic E-state index is -2.17. The second-order valence-electron chi connectivity index (χ2n) is 23.1. The van der Waals surface area contributed by atoms with E-state index in [1.54, 1.807) is 12.1 Å². The number of phenolic OH excluding ortho intramolecular Hbond substituents is 1. The maximum atomic E-state index is 14.8. The van der Waals surface area contributed by atoms with Crippen LogP contribution in [0.4, 0.5) is 0 Å². The van der Waals surface area contributed by atoms with Gasteiger partial charge in [0.1, 0.15) is 47.9 Å². The summed E-state index contributed by atoms with van der Waals surface area (Å²) >= 11 is 0. The minimum Gasteiger partial charge on any atom is -0.508 e. The van der Waals surface area contributed by atoms with Gasteiger partial charge in [0.2, 0.25) is 29.5 Å². The number of ketones is 1. The summed E-state index contributed by atoms with van der Waals surface area (Å²) in [4.78, 5) is 104.